The third-order valence-electron chi connectivity index (χ3n) is 5.64. The molecule has 2 amide bonds. The third kappa shape index (κ3) is 4.47. The fourth-order valence-corrected chi connectivity index (χ4v) is 4.23. The molecule has 1 aliphatic carbocycles. The fraction of sp³-hybridized carbons (Fsp3) is 0.120. The fourth-order valence-electron chi connectivity index (χ4n) is 3.65. The molecule has 0 bridgehead atoms. The normalized spacial score (nSPS) is 13.8. The van der Waals surface area contributed by atoms with Crippen LogP contribution >= 0.6 is 27.5 Å². The maximum Gasteiger partial charge on any atom is 0.270 e. The summed E-state index contributed by atoms with van der Waals surface area (Å²) in [4.78, 5) is 30.4. The Morgan fingerprint density at radius 1 is 0.971 bits per heavy atom. The van der Waals surface area contributed by atoms with E-state index in [4.69, 9.17) is 11.6 Å². The van der Waals surface area contributed by atoms with Crippen LogP contribution in [0.4, 0.5) is 5.69 Å². The summed E-state index contributed by atoms with van der Waals surface area (Å²) < 4.78 is 1.81. The summed E-state index contributed by atoms with van der Waals surface area (Å²) in [5.41, 5.74) is 2.07. The Morgan fingerprint density at radius 3 is 2.35 bits per heavy atom. The second-order valence-corrected chi connectivity index (χ2v) is 9.23. The summed E-state index contributed by atoms with van der Waals surface area (Å²) in [5.74, 6) is -0.367. The zero-order valence-corrected chi connectivity index (χ0v) is 20.2. The molecule has 2 N–H and O–H groups in total. The molecule has 7 nitrogen and oxygen atoms in total. The number of nitrogens with one attached hydrogen (secondary N) is 2. The number of aromatic nitrogens is 3. The summed E-state index contributed by atoms with van der Waals surface area (Å²) in [6, 6.07) is 22.5. The van der Waals surface area contributed by atoms with Crippen molar-refractivity contribution in [3.05, 3.63) is 94.3 Å². The highest BCUT2D eigenvalue weighted by atomic mass is 79.9. The summed E-state index contributed by atoms with van der Waals surface area (Å²) in [6.07, 6.45) is 2.66. The van der Waals surface area contributed by atoms with Crippen LogP contribution in [-0.4, -0.2) is 32.1 Å². The second kappa shape index (κ2) is 9.04. The predicted octanol–water partition coefficient (Wildman–Crippen LogP) is 5.25. The van der Waals surface area contributed by atoms with E-state index in [1.54, 1.807) is 24.4 Å². The van der Waals surface area contributed by atoms with Gasteiger partial charge in [0.25, 0.3) is 5.91 Å². The van der Waals surface area contributed by atoms with Crippen molar-refractivity contribution in [1.29, 1.82) is 0 Å². The average molecular weight is 537 g/mol. The van der Waals surface area contributed by atoms with Crippen LogP contribution in [0.3, 0.4) is 0 Å². The SMILES string of the molecule is O=C(NC1(C(=O)Nc2ccc(-c3ccccc3)cc2)CC1)c1cc(Br)nn1-c1ncccc1Cl. The zero-order chi connectivity index (χ0) is 23.7. The zero-order valence-electron chi connectivity index (χ0n) is 17.8. The number of amides is 2. The van der Waals surface area contributed by atoms with Gasteiger partial charge < -0.3 is 10.6 Å². The highest BCUT2D eigenvalue weighted by molar-refractivity contribution is 9.10. The summed E-state index contributed by atoms with van der Waals surface area (Å²) in [5, 5.41) is 10.4. The van der Waals surface area contributed by atoms with Crippen molar-refractivity contribution >= 4 is 45.0 Å². The summed E-state index contributed by atoms with van der Waals surface area (Å²) in [6.45, 7) is 0. The van der Waals surface area contributed by atoms with Crippen molar-refractivity contribution in [1.82, 2.24) is 20.1 Å². The van der Waals surface area contributed by atoms with Crippen molar-refractivity contribution < 1.29 is 9.59 Å². The van der Waals surface area contributed by atoms with Crippen LogP contribution in [0.15, 0.2) is 83.6 Å². The molecule has 5 rings (SSSR count). The number of hydrogen-bond acceptors (Lipinski definition) is 4. The average Bonchev–Trinajstić information content (AvgIpc) is 3.53. The topological polar surface area (TPSA) is 88.9 Å². The maximum absolute atomic E-state index is 13.1. The van der Waals surface area contributed by atoms with Crippen molar-refractivity contribution in [2.45, 2.75) is 18.4 Å². The third-order valence-corrected chi connectivity index (χ3v) is 6.32. The van der Waals surface area contributed by atoms with Gasteiger partial charge in [0.2, 0.25) is 5.91 Å². The molecule has 0 atom stereocenters. The molecule has 0 unspecified atom stereocenters. The van der Waals surface area contributed by atoms with Gasteiger partial charge in [-0.25, -0.2) is 9.67 Å². The monoisotopic (exact) mass is 535 g/mol. The lowest BCUT2D eigenvalue weighted by Gasteiger charge is -2.18. The Morgan fingerprint density at radius 2 is 1.68 bits per heavy atom. The van der Waals surface area contributed by atoms with E-state index in [-0.39, 0.29) is 11.6 Å². The molecule has 0 saturated heterocycles. The van der Waals surface area contributed by atoms with Crippen LogP contribution in [0.5, 0.6) is 0 Å². The lowest BCUT2D eigenvalue weighted by molar-refractivity contribution is -0.118. The number of carbonyl (C=O) groups excluding carboxylic acids is 2. The highest BCUT2D eigenvalue weighted by Gasteiger charge is 2.51. The summed E-state index contributed by atoms with van der Waals surface area (Å²) in [7, 11) is 0. The number of hydrogen-bond donors (Lipinski definition) is 2. The molecule has 1 aliphatic rings. The Hall–Kier alpha value is -3.49. The van der Waals surface area contributed by atoms with Gasteiger partial charge in [0.15, 0.2) is 5.82 Å². The van der Waals surface area contributed by atoms with E-state index in [0.717, 1.165) is 11.1 Å². The number of anilines is 1. The van der Waals surface area contributed by atoms with Gasteiger partial charge >= 0.3 is 0 Å². The molecule has 0 radical (unpaired) electrons. The highest BCUT2D eigenvalue weighted by Crippen LogP contribution is 2.37. The molecular formula is C25H19BrClN5O2. The van der Waals surface area contributed by atoms with Crippen molar-refractivity contribution in [3.63, 3.8) is 0 Å². The van der Waals surface area contributed by atoms with E-state index in [1.165, 1.54) is 4.68 Å². The quantitative estimate of drug-likeness (QED) is 0.352. The van der Waals surface area contributed by atoms with Gasteiger partial charge in [0.05, 0.1) is 5.02 Å². The van der Waals surface area contributed by atoms with Gasteiger partial charge in [-0.05, 0) is 64.2 Å². The van der Waals surface area contributed by atoms with Gasteiger partial charge in [-0.2, -0.15) is 5.10 Å². The Kier molecular flexibility index (Phi) is 5.93. The molecular weight excluding hydrogens is 518 g/mol. The van der Waals surface area contributed by atoms with E-state index >= 15 is 0 Å². The maximum atomic E-state index is 13.1. The van der Waals surface area contributed by atoms with Crippen LogP contribution in [0.1, 0.15) is 23.3 Å². The number of halogens is 2. The van der Waals surface area contributed by atoms with E-state index in [2.05, 4.69) is 36.6 Å². The smallest absolute Gasteiger partial charge is 0.270 e. The van der Waals surface area contributed by atoms with Crippen molar-refractivity contribution in [2.24, 2.45) is 0 Å². The first-order valence-electron chi connectivity index (χ1n) is 10.6. The van der Waals surface area contributed by atoms with Crippen LogP contribution in [0, 0.1) is 0 Å². The molecule has 4 aromatic rings. The summed E-state index contributed by atoms with van der Waals surface area (Å²) >= 11 is 9.55. The lowest BCUT2D eigenvalue weighted by Crippen LogP contribution is -2.46. The van der Waals surface area contributed by atoms with Crippen molar-refractivity contribution in [3.8, 4) is 16.9 Å². The minimum absolute atomic E-state index is 0.221. The molecule has 2 aromatic carbocycles. The van der Waals surface area contributed by atoms with Gasteiger partial charge in [-0.3, -0.25) is 9.59 Å². The molecule has 9 heteroatoms. The standard InChI is InChI=1S/C25H19BrClN5O2/c26-21-15-20(32(31-21)22-19(27)7-4-14-28-22)23(33)30-25(12-13-25)24(34)29-18-10-8-17(9-11-18)16-5-2-1-3-6-16/h1-11,14-15H,12-13H2,(H,29,34)(H,30,33). The number of benzene rings is 2. The van der Waals surface area contributed by atoms with Crippen LogP contribution in [0.25, 0.3) is 16.9 Å². The van der Waals surface area contributed by atoms with E-state index < -0.39 is 11.4 Å². The first-order valence-corrected chi connectivity index (χ1v) is 11.8. The predicted molar refractivity (Wildman–Crippen MR) is 134 cm³/mol. The molecule has 0 spiro atoms. The largest absolute Gasteiger partial charge is 0.336 e. The number of rotatable bonds is 6. The molecule has 1 fully saturated rings. The van der Waals surface area contributed by atoms with Crippen LogP contribution in [-0.2, 0) is 4.79 Å². The van der Waals surface area contributed by atoms with E-state index in [1.807, 2.05) is 54.6 Å². The van der Waals surface area contributed by atoms with E-state index in [9.17, 15) is 9.59 Å². The minimum Gasteiger partial charge on any atom is -0.336 e. The van der Waals surface area contributed by atoms with Crippen LogP contribution < -0.4 is 10.6 Å². The number of carbonyl (C=O) groups is 2. The lowest BCUT2D eigenvalue weighted by atomic mass is 10.1. The number of pyridine rings is 1. The van der Waals surface area contributed by atoms with Gasteiger partial charge in [-0.1, -0.05) is 54.1 Å². The Labute approximate surface area is 209 Å². The molecule has 1 saturated carbocycles. The molecule has 0 aliphatic heterocycles. The molecule has 2 aromatic heterocycles. The molecule has 2 heterocycles. The van der Waals surface area contributed by atoms with Gasteiger partial charge in [0, 0.05) is 18.0 Å². The van der Waals surface area contributed by atoms with Gasteiger partial charge in [-0.15, -0.1) is 0 Å². The second-order valence-electron chi connectivity index (χ2n) is 8.01. The van der Waals surface area contributed by atoms with Crippen LogP contribution in [0.2, 0.25) is 5.02 Å². The van der Waals surface area contributed by atoms with Crippen molar-refractivity contribution in [2.75, 3.05) is 5.32 Å². The van der Waals surface area contributed by atoms with Gasteiger partial charge in [0.1, 0.15) is 15.8 Å². The Bertz CT molecular complexity index is 1370. The minimum atomic E-state index is -0.968. The Balaban J connectivity index is 1.31. The molecule has 170 valence electrons. The first-order chi connectivity index (χ1) is 16.4. The molecule has 34 heavy (non-hydrogen) atoms. The number of nitrogens with zero attached hydrogens (tertiary/aromatic N) is 3. The first kappa shape index (κ1) is 22.3. The van der Waals surface area contributed by atoms with E-state index in [0.29, 0.717) is 34.0 Å².